The molecule has 138 valence electrons. The highest BCUT2D eigenvalue weighted by Gasteiger charge is 2.34. The minimum absolute atomic E-state index is 0.0906. The van der Waals surface area contributed by atoms with Crippen LogP contribution >= 0.6 is 0 Å². The van der Waals surface area contributed by atoms with Crippen molar-refractivity contribution in [2.45, 2.75) is 31.5 Å². The Labute approximate surface area is 149 Å². The topological polar surface area (TPSA) is 53.4 Å². The summed E-state index contributed by atoms with van der Waals surface area (Å²) in [6.07, 6.45) is -0.594. The van der Waals surface area contributed by atoms with Gasteiger partial charge < -0.3 is 10.0 Å². The molecule has 1 fully saturated rings. The van der Waals surface area contributed by atoms with Gasteiger partial charge in [-0.2, -0.15) is 13.2 Å². The average molecular weight is 364 g/mol. The van der Waals surface area contributed by atoms with Crippen LogP contribution in [0.25, 0.3) is 11.3 Å². The first kappa shape index (κ1) is 18.4. The Morgan fingerprint density at radius 2 is 1.92 bits per heavy atom. The van der Waals surface area contributed by atoms with Crippen LogP contribution in [0.5, 0.6) is 0 Å². The summed E-state index contributed by atoms with van der Waals surface area (Å²) < 4.78 is 39.4. The summed E-state index contributed by atoms with van der Waals surface area (Å²) in [5, 5.41) is 9.45. The fraction of sp³-hybridized carbons (Fsp3) is 0.368. The minimum Gasteiger partial charge on any atom is -0.394 e. The van der Waals surface area contributed by atoms with E-state index < -0.39 is 11.7 Å². The molecule has 2 heterocycles. The SMILES string of the molecule is O=C(c1ccc(-c2ncccc2C(F)(F)F)cc1)N1CCCC[C@H]1CO. The van der Waals surface area contributed by atoms with Crippen LogP contribution in [0.3, 0.4) is 0 Å². The van der Waals surface area contributed by atoms with E-state index in [-0.39, 0.29) is 24.2 Å². The number of hydrogen-bond acceptors (Lipinski definition) is 3. The highest BCUT2D eigenvalue weighted by molar-refractivity contribution is 5.95. The van der Waals surface area contributed by atoms with E-state index in [2.05, 4.69) is 4.98 Å². The van der Waals surface area contributed by atoms with Gasteiger partial charge in [0, 0.05) is 23.9 Å². The number of carbonyl (C=O) groups is 1. The fourth-order valence-corrected chi connectivity index (χ4v) is 3.26. The molecule has 0 bridgehead atoms. The third kappa shape index (κ3) is 3.72. The second kappa shape index (κ2) is 7.45. The van der Waals surface area contributed by atoms with Crippen molar-refractivity contribution in [3.8, 4) is 11.3 Å². The highest BCUT2D eigenvalue weighted by Crippen LogP contribution is 2.35. The maximum Gasteiger partial charge on any atom is 0.418 e. The van der Waals surface area contributed by atoms with E-state index in [0.29, 0.717) is 17.7 Å². The van der Waals surface area contributed by atoms with Crippen molar-refractivity contribution >= 4 is 5.91 Å². The van der Waals surface area contributed by atoms with Crippen molar-refractivity contribution in [2.24, 2.45) is 0 Å². The second-order valence-electron chi connectivity index (χ2n) is 6.31. The van der Waals surface area contributed by atoms with Crippen LogP contribution in [0.15, 0.2) is 42.6 Å². The van der Waals surface area contributed by atoms with Crippen molar-refractivity contribution in [1.29, 1.82) is 0 Å². The first-order valence-electron chi connectivity index (χ1n) is 8.46. The number of likely N-dealkylation sites (tertiary alicyclic amines) is 1. The summed E-state index contributed by atoms with van der Waals surface area (Å²) in [6, 6.07) is 8.00. The van der Waals surface area contributed by atoms with Gasteiger partial charge in [0.1, 0.15) is 0 Å². The Balaban J connectivity index is 1.87. The van der Waals surface area contributed by atoms with Gasteiger partial charge in [-0.05, 0) is 43.5 Å². The lowest BCUT2D eigenvalue weighted by atomic mass is 10.00. The molecular weight excluding hydrogens is 345 g/mol. The third-order valence-electron chi connectivity index (χ3n) is 4.62. The number of aromatic nitrogens is 1. The zero-order valence-corrected chi connectivity index (χ0v) is 14.0. The molecule has 26 heavy (non-hydrogen) atoms. The molecule has 2 aromatic rings. The van der Waals surface area contributed by atoms with Gasteiger partial charge in [-0.3, -0.25) is 9.78 Å². The number of aliphatic hydroxyl groups excluding tert-OH is 1. The van der Waals surface area contributed by atoms with Gasteiger partial charge in [-0.1, -0.05) is 12.1 Å². The van der Waals surface area contributed by atoms with E-state index in [1.165, 1.54) is 36.5 Å². The summed E-state index contributed by atoms with van der Waals surface area (Å²) in [7, 11) is 0. The summed E-state index contributed by atoms with van der Waals surface area (Å²) in [5.74, 6) is -0.215. The molecule has 0 spiro atoms. The number of hydrogen-bond donors (Lipinski definition) is 1. The van der Waals surface area contributed by atoms with Crippen molar-refractivity contribution in [3.05, 3.63) is 53.7 Å². The van der Waals surface area contributed by atoms with E-state index in [0.717, 1.165) is 25.3 Å². The van der Waals surface area contributed by atoms with E-state index in [1.54, 1.807) is 4.90 Å². The number of pyridine rings is 1. The Morgan fingerprint density at radius 1 is 1.19 bits per heavy atom. The lowest BCUT2D eigenvalue weighted by Gasteiger charge is -2.34. The van der Waals surface area contributed by atoms with Gasteiger partial charge in [0.2, 0.25) is 0 Å². The predicted octanol–water partition coefficient (Wildman–Crippen LogP) is 3.75. The molecule has 7 heteroatoms. The van der Waals surface area contributed by atoms with Crippen LogP contribution < -0.4 is 0 Å². The number of benzene rings is 1. The molecule has 1 atom stereocenters. The zero-order valence-electron chi connectivity index (χ0n) is 14.0. The number of amides is 1. The number of nitrogens with zero attached hydrogens (tertiary/aromatic N) is 2. The lowest BCUT2D eigenvalue weighted by molar-refractivity contribution is -0.137. The maximum absolute atomic E-state index is 13.1. The Kier molecular flexibility index (Phi) is 5.27. The van der Waals surface area contributed by atoms with Crippen LogP contribution in [0, 0.1) is 0 Å². The minimum atomic E-state index is -4.50. The number of piperidine rings is 1. The molecule has 1 aromatic carbocycles. The van der Waals surface area contributed by atoms with E-state index in [9.17, 15) is 23.1 Å². The molecule has 3 rings (SSSR count). The molecule has 1 aromatic heterocycles. The van der Waals surface area contributed by atoms with Crippen LogP contribution in [0.4, 0.5) is 13.2 Å². The van der Waals surface area contributed by atoms with Gasteiger partial charge in [0.05, 0.1) is 23.9 Å². The smallest absolute Gasteiger partial charge is 0.394 e. The summed E-state index contributed by atoms with van der Waals surface area (Å²) >= 11 is 0. The fourth-order valence-electron chi connectivity index (χ4n) is 3.26. The second-order valence-corrected chi connectivity index (χ2v) is 6.31. The molecule has 4 nitrogen and oxygen atoms in total. The third-order valence-corrected chi connectivity index (χ3v) is 4.62. The van der Waals surface area contributed by atoms with E-state index >= 15 is 0 Å². The van der Waals surface area contributed by atoms with Gasteiger partial charge in [-0.25, -0.2) is 0 Å². The number of alkyl halides is 3. The van der Waals surface area contributed by atoms with Crippen molar-refractivity contribution in [2.75, 3.05) is 13.2 Å². The number of aliphatic hydroxyl groups is 1. The summed E-state index contributed by atoms with van der Waals surface area (Å²) in [6.45, 7) is 0.483. The van der Waals surface area contributed by atoms with Crippen molar-refractivity contribution in [3.63, 3.8) is 0 Å². The standard InChI is InChI=1S/C19H19F3N2O2/c20-19(21,22)16-5-3-10-23-17(16)13-6-8-14(9-7-13)18(26)24-11-2-1-4-15(24)12-25/h3,5-10,15,25H,1-2,4,11-12H2/t15-/m0/s1. The highest BCUT2D eigenvalue weighted by atomic mass is 19.4. The normalized spacial score (nSPS) is 18.0. The van der Waals surface area contributed by atoms with Crippen LogP contribution in [-0.2, 0) is 6.18 Å². The molecule has 0 unspecified atom stereocenters. The number of carbonyl (C=O) groups excluding carboxylic acids is 1. The van der Waals surface area contributed by atoms with Gasteiger partial charge in [0.25, 0.3) is 5.91 Å². The van der Waals surface area contributed by atoms with Crippen LogP contribution in [-0.4, -0.2) is 40.1 Å². The van der Waals surface area contributed by atoms with Crippen LogP contribution in [0.1, 0.15) is 35.2 Å². The lowest BCUT2D eigenvalue weighted by Crippen LogP contribution is -2.45. The Morgan fingerprint density at radius 3 is 2.58 bits per heavy atom. The number of rotatable bonds is 3. The number of halogens is 3. The van der Waals surface area contributed by atoms with Gasteiger partial charge in [-0.15, -0.1) is 0 Å². The van der Waals surface area contributed by atoms with Gasteiger partial charge in [0.15, 0.2) is 0 Å². The first-order valence-corrected chi connectivity index (χ1v) is 8.46. The van der Waals surface area contributed by atoms with Crippen LogP contribution in [0.2, 0.25) is 0 Å². The molecular formula is C19H19F3N2O2. The summed E-state index contributed by atoms with van der Waals surface area (Å²) in [5.41, 5.74) is -0.286. The average Bonchev–Trinajstić information content (AvgIpc) is 2.67. The first-order chi connectivity index (χ1) is 12.4. The molecule has 0 saturated carbocycles. The zero-order chi connectivity index (χ0) is 18.7. The summed E-state index contributed by atoms with van der Waals surface area (Å²) in [4.78, 5) is 18.2. The molecule has 1 aliphatic heterocycles. The van der Waals surface area contributed by atoms with Crippen molar-refractivity contribution < 1.29 is 23.1 Å². The molecule has 1 amide bonds. The largest absolute Gasteiger partial charge is 0.418 e. The predicted molar refractivity (Wildman–Crippen MR) is 90.4 cm³/mol. The maximum atomic E-state index is 13.1. The van der Waals surface area contributed by atoms with E-state index in [1.807, 2.05) is 0 Å². The monoisotopic (exact) mass is 364 g/mol. The Hall–Kier alpha value is -2.41. The molecule has 1 aliphatic rings. The van der Waals surface area contributed by atoms with Crippen molar-refractivity contribution in [1.82, 2.24) is 9.88 Å². The molecule has 0 aliphatic carbocycles. The molecule has 0 radical (unpaired) electrons. The Bertz CT molecular complexity index is 775. The quantitative estimate of drug-likeness (QED) is 0.902. The van der Waals surface area contributed by atoms with E-state index in [4.69, 9.17) is 0 Å². The van der Waals surface area contributed by atoms with Gasteiger partial charge >= 0.3 is 6.18 Å². The molecule has 1 N–H and O–H groups in total. The molecule has 1 saturated heterocycles.